The van der Waals surface area contributed by atoms with Crippen molar-refractivity contribution in [1.82, 2.24) is 10.6 Å². The van der Waals surface area contributed by atoms with Crippen LogP contribution in [0.4, 0.5) is 0 Å². The normalized spacial score (nSPS) is 12.6. The third-order valence-corrected chi connectivity index (χ3v) is 9.01. The summed E-state index contributed by atoms with van der Waals surface area (Å²) in [6.45, 7) is 3.45. The van der Waals surface area contributed by atoms with Gasteiger partial charge in [0.05, 0.1) is 13.2 Å². The molecular formula is C40H74N2O7. The van der Waals surface area contributed by atoms with Gasteiger partial charge in [-0.25, -0.2) is 4.79 Å². The molecule has 0 radical (unpaired) electrons. The lowest BCUT2D eigenvalue weighted by Gasteiger charge is -2.18. The summed E-state index contributed by atoms with van der Waals surface area (Å²) in [5, 5.41) is 22.5. The van der Waals surface area contributed by atoms with Gasteiger partial charge in [-0.15, -0.1) is 0 Å². The van der Waals surface area contributed by atoms with Gasteiger partial charge in [0, 0.05) is 12.8 Å². The molecule has 0 rings (SSSR count). The highest BCUT2D eigenvalue weighted by Crippen LogP contribution is 2.19. The van der Waals surface area contributed by atoms with Crippen molar-refractivity contribution in [2.24, 2.45) is 0 Å². The zero-order valence-corrected chi connectivity index (χ0v) is 31.5. The number of carboxylic acid groups (broad SMARTS) is 1. The van der Waals surface area contributed by atoms with Crippen molar-refractivity contribution in [3.05, 3.63) is 12.2 Å². The van der Waals surface area contributed by atoms with Crippen molar-refractivity contribution < 1.29 is 34.1 Å². The fourth-order valence-electron chi connectivity index (χ4n) is 5.89. The second-order valence-electron chi connectivity index (χ2n) is 13.7. The van der Waals surface area contributed by atoms with E-state index in [4.69, 9.17) is 14.9 Å². The van der Waals surface area contributed by atoms with Crippen molar-refractivity contribution >= 4 is 23.8 Å². The average Bonchev–Trinajstić information content (AvgIpc) is 3.08. The van der Waals surface area contributed by atoms with Crippen molar-refractivity contribution in [3.8, 4) is 0 Å². The Hall–Kier alpha value is -2.42. The van der Waals surface area contributed by atoms with Crippen LogP contribution in [-0.2, 0) is 23.9 Å². The van der Waals surface area contributed by atoms with Crippen LogP contribution in [0.5, 0.6) is 0 Å². The molecule has 0 spiro atoms. The second-order valence-corrected chi connectivity index (χ2v) is 13.7. The van der Waals surface area contributed by atoms with Crippen LogP contribution in [0.25, 0.3) is 0 Å². The molecule has 0 aromatic rings. The number of esters is 1. The topological polar surface area (TPSA) is 142 Å². The summed E-state index contributed by atoms with van der Waals surface area (Å²) >= 11 is 0. The number of aliphatic hydroxyl groups excluding tert-OH is 1. The number of unbranched alkanes of at least 4 members (excludes halogenated alkanes) is 20. The van der Waals surface area contributed by atoms with E-state index < -0.39 is 24.5 Å². The van der Waals surface area contributed by atoms with Crippen molar-refractivity contribution in [3.63, 3.8) is 0 Å². The Morgan fingerprint density at radius 2 is 1.04 bits per heavy atom. The SMILES string of the molecule is CCCCC/C=C\CCCCCCCC(=O)OC(CCCCCCCCCCC)CCCCCCCC(=O)NCC(=O)NC(CO)C(=O)O. The molecule has 0 saturated carbocycles. The first-order valence-corrected chi connectivity index (χ1v) is 20.1. The van der Waals surface area contributed by atoms with Gasteiger partial charge >= 0.3 is 11.9 Å². The fraction of sp³-hybridized carbons (Fsp3) is 0.850. The average molecular weight is 695 g/mol. The minimum Gasteiger partial charge on any atom is -0.480 e. The van der Waals surface area contributed by atoms with E-state index in [9.17, 15) is 19.2 Å². The minimum atomic E-state index is -1.38. The lowest BCUT2D eigenvalue weighted by molar-refractivity contribution is -0.150. The van der Waals surface area contributed by atoms with E-state index in [1.165, 1.54) is 96.3 Å². The van der Waals surface area contributed by atoms with Crippen LogP contribution in [0.1, 0.15) is 194 Å². The Morgan fingerprint density at radius 1 is 0.592 bits per heavy atom. The quantitative estimate of drug-likeness (QED) is 0.0291. The molecular weight excluding hydrogens is 620 g/mol. The number of aliphatic hydroxyl groups is 1. The number of carboxylic acids is 1. The maximum absolute atomic E-state index is 12.7. The Balaban J connectivity index is 4.26. The summed E-state index contributed by atoms with van der Waals surface area (Å²) in [6, 6.07) is -1.38. The van der Waals surface area contributed by atoms with Crippen LogP contribution in [0, 0.1) is 0 Å². The number of amides is 2. The van der Waals surface area contributed by atoms with Crippen LogP contribution in [-0.4, -0.2) is 59.3 Å². The molecule has 0 aliphatic rings. The van der Waals surface area contributed by atoms with Gasteiger partial charge in [0.15, 0.2) is 0 Å². The number of ether oxygens (including phenoxy) is 1. The second kappa shape index (κ2) is 35.4. The number of carbonyl (C=O) groups is 4. The zero-order chi connectivity index (χ0) is 36.2. The van der Waals surface area contributed by atoms with Gasteiger partial charge in [0.2, 0.25) is 11.8 Å². The van der Waals surface area contributed by atoms with Crippen LogP contribution in [0.2, 0.25) is 0 Å². The lowest BCUT2D eigenvalue weighted by Crippen LogP contribution is -2.47. The molecule has 0 aromatic carbocycles. The number of allylic oxidation sites excluding steroid dienone is 2. The molecule has 9 nitrogen and oxygen atoms in total. The Kier molecular flexibility index (Phi) is 33.7. The number of aliphatic carboxylic acids is 1. The molecule has 2 amide bonds. The minimum absolute atomic E-state index is 0.00958. The molecule has 2 unspecified atom stereocenters. The van der Waals surface area contributed by atoms with E-state index in [0.717, 1.165) is 64.2 Å². The number of rotatable bonds is 36. The zero-order valence-electron chi connectivity index (χ0n) is 31.5. The third-order valence-electron chi connectivity index (χ3n) is 9.01. The maximum atomic E-state index is 12.7. The van der Waals surface area contributed by atoms with Gasteiger partial charge in [0.25, 0.3) is 0 Å². The van der Waals surface area contributed by atoms with Gasteiger partial charge in [0.1, 0.15) is 12.1 Å². The van der Waals surface area contributed by atoms with Crippen LogP contribution in [0.3, 0.4) is 0 Å². The molecule has 49 heavy (non-hydrogen) atoms. The first kappa shape index (κ1) is 46.6. The molecule has 0 aliphatic heterocycles. The predicted octanol–water partition coefficient (Wildman–Crippen LogP) is 9.09. The van der Waals surface area contributed by atoms with Gasteiger partial charge < -0.3 is 25.6 Å². The highest BCUT2D eigenvalue weighted by atomic mass is 16.5. The highest BCUT2D eigenvalue weighted by molar-refractivity contribution is 5.87. The molecule has 2 atom stereocenters. The summed E-state index contributed by atoms with van der Waals surface area (Å²) in [5.41, 5.74) is 0. The number of nitrogens with one attached hydrogen (secondary N) is 2. The molecule has 4 N–H and O–H groups in total. The van der Waals surface area contributed by atoms with E-state index in [1.54, 1.807) is 0 Å². The lowest BCUT2D eigenvalue weighted by atomic mass is 10.0. The summed E-state index contributed by atoms with van der Waals surface area (Å²) in [4.78, 5) is 47.4. The predicted molar refractivity (Wildman–Crippen MR) is 199 cm³/mol. The standard InChI is InChI=1S/C40H74N2O7/c1-3-5-7-9-11-13-14-15-17-19-24-28-32-39(46)49-35(29-25-21-18-16-12-10-8-6-4-2)30-26-22-20-23-27-31-37(44)41-33-38(45)42-36(34-43)40(47)48/h11,13,35-36,43H,3-10,12,14-34H2,1-2H3,(H,41,44)(H,42,45)(H,47,48)/b13-11-. The van der Waals surface area contributed by atoms with Gasteiger partial charge in [-0.1, -0.05) is 129 Å². The summed E-state index contributed by atoms with van der Waals surface area (Å²) in [7, 11) is 0. The van der Waals surface area contributed by atoms with E-state index in [1.807, 2.05) is 0 Å². The van der Waals surface area contributed by atoms with Crippen molar-refractivity contribution in [2.75, 3.05) is 13.2 Å². The summed E-state index contributed by atoms with van der Waals surface area (Å²) in [6.07, 6.45) is 35.2. The van der Waals surface area contributed by atoms with Gasteiger partial charge in [-0.2, -0.15) is 0 Å². The smallest absolute Gasteiger partial charge is 0.328 e. The van der Waals surface area contributed by atoms with Crippen LogP contribution in [0.15, 0.2) is 12.2 Å². The first-order valence-electron chi connectivity index (χ1n) is 20.1. The van der Waals surface area contributed by atoms with Gasteiger partial charge in [-0.05, 0) is 64.2 Å². The van der Waals surface area contributed by atoms with Crippen molar-refractivity contribution in [1.29, 1.82) is 0 Å². The first-order chi connectivity index (χ1) is 23.8. The number of carbonyl (C=O) groups excluding carboxylic acids is 3. The van der Waals surface area contributed by atoms with E-state index >= 15 is 0 Å². The van der Waals surface area contributed by atoms with Gasteiger partial charge in [-0.3, -0.25) is 14.4 Å². The van der Waals surface area contributed by atoms with E-state index in [2.05, 4.69) is 36.6 Å². The summed E-state index contributed by atoms with van der Waals surface area (Å²) < 4.78 is 5.99. The van der Waals surface area contributed by atoms with E-state index in [0.29, 0.717) is 19.3 Å². The molecule has 0 aliphatic carbocycles. The maximum Gasteiger partial charge on any atom is 0.328 e. The van der Waals surface area contributed by atoms with Crippen LogP contribution < -0.4 is 10.6 Å². The van der Waals surface area contributed by atoms with E-state index in [-0.39, 0.29) is 24.5 Å². The highest BCUT2D eigenvalue weighted by Gasteiger charge is 2.19. The molecule has 9 heteroatoms. The van der Waals surface area contributed by atoms with Crippen molar-refractivity contribution in [2.45, 2.75) is 206 Å². The Labute approximate surface area is 299 Å². The Bertz CT molecular complexity index is 848. The monoisotopic (exact) mass is 695 g/mol. The number of hydrogen-bond acceptors (Lipinski definition) is 6. The molecule has 0 heterocycles. The fourth-order valence-corrected chi connectivity index (χ4v) is 5.89. The number of hydrogen-bond donors (Lipinski definition) is 4. The third kappa shape index (κ3) is 32.5. The summed E-state index contributed by atoms with van der Waals surface area (Å²) in [5.74, 6) is -2.29. The van der Waals surface area contributed by atoms with Crippen LogP contribution >= 0.6 is 0 Å². The molecule has 286 valence electrons. The molecule has 0 fully saturated rings. The Morgan fingerprint density at radius 3 is 1.57 bits per heavy atom. The molecule has 0 bridgehead atoms. The largest absolute Gasteiger partial charge is 0.480 e. The molecule has 0 aromatic heterocycles. The molecule has 0 saturated heterocycles.